The van der Waals surface area contributed by atoms with E-state index in [1.165, 1.54) is 0 Å². The topological polar surface area (TPSA) is 43.4 Å². The molecule has 3 heteroatoms. The summed E-state index contributed by atoms with van der Waals surface area (Å²) in [6.07, 6.45) is 5.37. The van der Waals surface area contributed by atoms with Gasteiger partial charge >= 0.3 is 0 Å². The number of hydrogen-bond acceptors (Lipinski definition) is 3. The summed E-state index contributed by atoms with van der Waals surface area (Å²) in [6, 6.07) is 15.9. The summed E-state index contributed by atoms with van der Waals surface area (Å²) in [5, 5.41) is 0. The van der Waals surface area contributed by atoms with E-state index in [4.69, 9.17) is 4.74 Å². The Kier molecular flexibility index (Phi) is 7.34. The fourth-order valence-corrected chi connectivity index (χ4v) is 2.81. The summed E-state index contributed by atoms with van der Waals surface area (Å²) in [4.78, 5) is 24.1. The molecule has 0 aliphatic rings. The maximum Gasteiger partial charge on any atom is 0.143 e. The lowest BCUT2D eigenvalue weighted by Gasteiger charge is -2.13. The quantitative estimate of drug-likeness (QED) is 0.473. The van der Waals surface area contributed by atoms with Crippen LogP contribution in [0.4, 0.5) is 0 Å². The first kappa shape index (κ1) is 19.6. The Morgan fingerprint density at radius 3 is 1.73 bits per heavy atom. The second-order valence-electron chi connectivity index (χ2n) is 6.24. The number of benzene rings is 2. The van der Waals surface area contributed by atoms with Crippen LogP contribution in [0.1, 0.15) is 43.4 Å². The summed E-state index contributed by atoms with van der Waals surface area (Å²) in [5.41, 5.74) is 3.18. The van der Waals surface area contributed by atoms with Crippen molar-refractivity contribution in [2.75, 3.05) is 7.11 Å². The Bertz CT molecular complexity index is 739. The predicted octanol–water partition coefficient (Wildman–Crippen LogP) is 4.98. The third kappa shape index (κ3) is 5.41. The van der Waals surface area contributed by atoms with Gasteiger partial charge in [-0.05, 0) is 35.2 Å². The number of Topliss-reactive ketones (excluding diaryl/α,β-unsaturated/α-hetero) is 2. The molecule has 2 aromatic carbocycles. The van der Waals surface area contributed by atoms with Crippen LogP contribution in [0.5, 0.6) is 5.75 Å². The van der Waals surface area contributed by atoms with Crippen molar-refractivity contribution < 1.29 is 14.3 Å². The minimum absolute atomic E-state index is 0.0281. The van der Waals surface area contributed by atoms with Crippen molar-refractivity contribution >= 4 is 23.7 Å². The van der Waals surface area contributed by atoms with Crippen molar-refractivity contribution in [3.63, 3.8) is 0 Å². The fourth-order valence-electron chi connectivity index (χ4n) is 2.81. The van der Waals surface area contributed by atoms with Gasteiger partial charge in [-0.2, -0.15) is 0 Å². The van der Waals surface area contributed by atoms with Gasteiger partial charge in [0.15, 0.2) is 0 Å². The highest BCUT2D eigenvalue weighted by molar-refractivity contribution is 6.02. The zero-order valence-corrected chi connectivity index (χ0v) is 15.7. The number of carbonyl (C=O) groups is 2. The number of carbonyl (C=O) groups excluding carboxylic acids is 2. The van der Waals surface area contributed by atoms with E-state index in [0.717, 1.165) is 22.4 Å². The first-order chi connectivity index (χ1) is 12.6. The molecule has 0 aliphatic carbocycles. The number of methoxy groups -OCH3 is 1. The standard InChI is InChI=1S/C23H26O3/c1-4-22(24)21(23(25)5-2)16-19-10-8-17(9-11-19)6-7-18-12-14-20(26-3)15-13-18/h6-15,21H,4-5,16H2,1-3H3/b7-6+. The van der Waals surface area contributed by atoms with Crippen LogP contribution in [0.25, 0.3) is 12.2 Å². The maximum atomic E-state index is 12.0. The van der Waals surface area contributed by atoms with Gasteiger partial charge in [0, 0.05) is 12.8 Å². The molecule has 0 spiro atoms. The first-order valence-corrected chi connectivity index (χ1v) is 9.03. The van der Waals surface area contributed by atoms with E-state index in [1.54, 1.807) is 7.11 Å². The van der Waals surface area contributed by atoms with Gasteiger partial charge in [-0.15, -0.1) is 0 Å². The molecule has 0 aromatic heterocycles. The van der Waals surface area contributed by atoms with Gasteiger partial charge in [-0.3, -0.25) is 9.59 Å². The molecule has 0 bridgehead atoms. The van der Waals surface area contributed by atoms with Crippen molar-refractivity contribution in [2.45, 2.75) is 33.1 Å². The third-order valence-electron chi connectivity index (χ3n) is 4.48. The minimum Gasteiger partial charge on any atom is -0.497 e. The Morgan fingerprint density at radius 1 is 0.846 bits per heavy atom. The molecule has 0 radical (unpaired) electrons. The summed E-state index contributed by atoms with van der Waals surface area (Å²) >= 11 is 0. The molecule has 136 valence electrons. The molecule has 0 atom stereocenters. The lowest BCUT2D eigenvalue weighted by Crippen LogP contribution is -2.25. The van der Waals surface area contributed by atoms with Gasteiger partial charge in [0.25, 0.3) is 0 Å². The summed E-state index contributed by atoms with van der Waals surface area (Å²) in [5.74, 6) is 0.385. The van der Waals surface area contributed by atoms with Gasteiger partial charge in [0.1, 0.15) is 17.3 Å². The van der Waals surface area contributed by atoms with E-state index in [0.29, 0.717) is 19.3 Å². The average Bonchev–Trinajstić information content (AvgIpc) is 2.70. The lowest BCUT2D eigenvalue weighted by molar-refractivity contribution is -0.132. The molecule has 0 heterocycles. The van der Waals surface area contributed by atoms with Crippen molar-refractivity contribution in [3.8, 4) is 5.75 Å². The highest BCUT2D eigenvalue weighted by Crippen LogP contribution is 2.17. The van der Waals surface area contributed by atoms with Gasteiger partial charge in [0.2, 0.25) is 0 Å². The zero-order chi connectivity index (χ0) is 18.9. The Labute approximate surface area is 155 Å². The van der Waals surface area contributed by atoms with Crippen LogP contribution >= 0.6 is 0 Å². The monoisotopic (exact) mass is 350 g/mol. The molecule has 26 heavy (non-hydrogen) atoms. The summed E-state index contributed by atoms with van der Waals surface area (Å²) in [6.45, 7) is 3.62. The Hall–Kier alpha value is -2.68. The molecule has 0 amide bonds. The second-order valence-corrected chi connectivity index (χ2v) is 6.24. The van der Waals surface area contributed by atoms with E-state index in [9.17, 15) is 9.59 Å². The van der Waals surface area contributed by atoms with Crippen molar-refractivity contribution in [3.05, 3.63) is 65.2 Å². The van der Waals surface area contributed by atoms with E-state index in [-0.39, 0.29) is 11.6 Å². The van der Waals surface area contributed by atoms with Crippen LogP contribution in [0.15, 0.2) is 48.5 Å². The second kappa shape index (κ2) is 9.71. The van der Waals surface area contributed by atoms with Gasteiger partial charge in [0.05, 0.1) is 13.0 Å². The number of rotatable bonds is 9. The van der Waals surface area contributed by atoms with Crippen LogP contribution in [0.3, 0.4) is 0 Å². The maximum absolute atomic E-state index is 12.0. The molecular formula is C23H26O3. The minimum atomic E-state index is -0.509. The van der Waals surface area contributed by atoms with E-state index >= 15 is 0 Å². The van der Waals surface area contributed by atoms with Crippen LogP contribution in [0.2, 0.25) is 0 Å². The fraction of sp³-hybridized carbons (Fsp3) is 0.304. The summed E-state index contributed by atoms with van der Waals surface area (Å²) in [7, 11) is 1.65. The third-order valence-corrected chi connectivity index (χ3v) is 4.48. The molecule has 0 saturated heterocycles. The molecular weight excluding hydrogens is 324 g/mol. The average molecular weight is 350 g/mol. The molecule has 0 fully saturated rings. The molecule has 0 aliphatic heterocycles. The zero-order valence-electron chi connectivity index (χ0n) is 15.7. The lowest BCUT2D eigenvalue weighted by atomic mass is 9.89. The largest absolute Gasteiger partial charge is 0.497 e. The predicted molar refractivity (Wildman–Crippen MR) is 106 cm³/mol. The van der Waals surface area contributed by atoms with Crippen molar-refractivity contribution in [1.29, 1.82) is 0 Å². The van der Waals surface area contributed by atoms with Crippen LogP contribution in [-0.4, -0.2) is 18.7 Å². The van der Waals surface area contributed by atoms with Crippen LogP contribution in [-0.2, 0) is 16.0 Å². The number of ketones is 2. The first-order valence-electron chi connectivity index (χ1n) is 9.03. The van der Waals surface area contributed by atoms with E-state index in [1.807, 2.05) is 74.5 Å². The molecule has 0 saturated carbocycles. The van der Waals surface area contributed by atoms with Crippen molar-refractivity contribution in [2.24, 2.45) is 5.92 Å². The molecule has 0 N–H and O–H groups in total. The Morgan fingerprint density at radius 2 is 1.31 bits per heavy atom. The summed E-state index contributed by atoms with van der Waals surface area (Å²) < 4.78 is 5.15. The normalized spacial score (nSPS) is 11.1. The van der Waals surface area contributed by atoms with Crippen LogP contribution in [0, 0.1) is 5.92 Å². The number of hydrogen-bond donors (Lipinski definition) is 0. The van der Waals surface area contributed by atoms with E-state index < -0.39 is 5.92 Å². The van der Waals surface area contributed by atoms with Crippen LogP contribution < -0.4 is 4.74 Å². The molecule has 2 aromatic rings. The van der Waals surface area contributed by atoms with Gasteiger partial charge in [-0.1, -0.05) is 62.4 Å². The molecule has 2 rings (SSSR count). The van der Waals surface area contributed by atoms with Crippen molar-refractivity contribution in [1.82, 2.24) is 0 Å². The smallest absolute Gasteiger partial charge is 0.143 e. The molecule has 3 nitrogen and oxygen atoms in total. The Balaban J connectivity index is 2.05. The molecule has 0 unspecified atom stereocenters. The SMILES string of the molecule is CCC(=O)C(Cc1ccc(/C=C/c2ccc(OC)cc2)cc1)C(=O)CC. The van der Waals surface area contributed by atoms with Gasteiger partial charge < -0.3 is 4.74 Å². The number of ether oxygens (including phenoxy) is 1. The highest BCUT2D eigenvalue weighted by Gasteiger charge is 2.23. The highest BCUT2D eigenvalue weighted by atomic mass is 16.5. The van der Waals surface area contributed by atoms with E-state index in [2.05, 4.69) is 0 Å². The van der Waals surface area contributed by atoms with Gasteiger partial charge in [-0.25, -0.2) is 0 Å².